The van der Waals surface area contributed by atoms with Gasteiger partial charge in [0, 0.05) is 32.0 Å². The summed E-state index contributed by atoms with van der Waals surface area (Å²) in [6, 6.07) is 9.38. The minimum atomic E-state index is -0.979. The number of amides is 2. The predicted octanol–water partition coefficient (Wildman–Crippen LogP) is 3.44. The Morgan fingerprint density at radius 3 is 2.34 bits per heavy atom. The van der Waals surface area contributed by atoms with Gasteiger partial charge in [-0.25, -0.2) is 18.7 Å². The second kappa shape index (κ2) is 10.2. The minimum absolute atomic E-state index is 0.224. The molecule has 1 fully saturated rings. The number of halogens is 2. The van der Waals surface area contributed by atoms with Gasteiger partial charge in [-0.3, -0.25) is 9.59 Å². The lowest BCUT2D eigenvalue weighted by molar-refractivity contribution is -0.136. The molecule has 2 aromatic carbocycles. The minimum Gasteiger partial charge on any atom is -0.492 e. The van der Waals surface area contributed by atoms with Crippen LogP contribution in [0, 0.1) is 17.6 Å². The number of nitrogens with zero attached hydrogens (tertiary/aromatic N) is 3. The van der Waals surface area contributed by atoms with Gasteiger partial charge in [-0.15, -0.1) is 0 Å². The standard InChI is InChI=1S/C25H26F2N4O4/c1-14(2)21(30-24(33)22-23(32)29-20-6-4-3-5-19(20)28-22)25(34)31-11-9-15(10-12-31)35-16-7-8-17(26)18(27)13-16/h3-8,13-15,21H,9-12H2,1-2H3,(H,29,32)(H,30,33)/t21-/m0/s1. The van der Waals surface area contributed by atoms with E-state index in [1.165, 1.54) is 6.07 Å². The number of para-hydroxylation sites is 2. The van der Waals surface area contributed by atoms with E-state index in [0.29, 0.717) is 37.0 Å². The second-order valence-electron chi connectivity index (χ2n) is 8.80. The number of rotatable bonds is 6. The molecule has 1 saturated heterocycles. The van der Waals surface area contributed by atoms with Crippen LogP contribution in [-0.4, -0.2) is 57.0 Å². The van der Waals surface area contributed by atoms with Gasteiger partial charge in [0.1, 0.15) is 17.9 Å². The van der Waals surface area contributed by atoms with Gasteiger partial charge in [0.2, 0.25) is 11.8 Å². The van der Waals surface area contributed by atoms with Crippen LogP contribution in [0.4, 0.5) is 8.78 Å². The van der Waals surface area contributed by atoms with Crippen LogP contribution in [0.1, 0.15) is 37.2 Å². The number of aromatic hydroxyl groups is 1. The molecule has 8 nitrogen and oxygen atoms in total. The number of hydrogen-bond acceptors (Lipinski definition) is 6. The van der Waals surface area contributed by atoms with Crippen LogP contribution in [0.25, 0.3) is 11.0 Å². The first kappa shape index (κ1) is 24.3. The van der Waals surface area contributed by atoms with Gasteiger partial charge in [-0.05, 0) is 30.2 Å². The molecule has 35 heavy (non-hydrogen) atoms. The van der Waals surface area contributed by atoms with E-state index in [1.54, 1.807) is 29.2 Å². The van der Waals surface area contributed by atoms with Crippen LogP contribution in [0.5, 0.6) is 11.6 Å². The molecule has 0 radical (unpaired) electrons. The Morgan fingerprint density at radius 2 is 1.71 bits per heavy atom. The van der Waals surface area contributed by atoms with Crippen LogP contribution in [0.3, 0.4) is 0 Å². The summed E-state index contributed by atoms with van der Waals surface area (Å²) < 4.78 is 32.3. The normalized spacial score (nSPS) is 15.3. The fraction of sp³-hybridized carbons (Fsp3) is 0.360. The van der Waals surface area contributed by atoms with Crippen LogP contribution in [0.15, 0.2) is 42.5 Å². The quantitative estimate of drug-likeness (QED) is 0.556. The SMILES string of the molecule is CC(C)[C@H](NC(=O)c1nc2ccccc2nc1O)C(=O)N1CCC(Oc2ccc(F)c(F)c2)CC1. The van der Waals surface area contributed by atoms with Gasteiger partial charge in [0.25, 0.3) is 5.91 Å². The van der Waals surface area contributed by atoms with Gasteiger partial charge >= 0.3 is 0 Å². The Labute approximate surface area is 200 Å². The summed E-state index contributed by atoms with van der Waals surface area (Å²) in [6.07, 6.45) is 0.752. The monoisotopic (exact) mass is 484 g/mol. The predicted molar refractivity (Wildman–Crippen MR) is 124 cm³/mol. The highest BCUT2D eigenvalue weighted by Crippen LogP contribution is 2.23. The molecule has 4 rings (SSSR count). The lowest BCUT2D eigenvalue weighted by atomic mass is 10.00. The van der Waals surface area contributed by atoms with Gasteiger partial charge in [-0.2, -0.15) is 0 Å². The lowest BCUT2D eigenvalue weighted by Gasteiger charge is -2.35. The number of fused-ring (bicyclic) bond motifs is 1. The molecule has 0 aliphatic carbocycles. The molecule has 0 unspecified atom stereocenters. The van der Waals surface area contributed by atoms with Crippen molar-refractivity contribution in [2.45, 2.75) is 38.8 Å². The van der Waals surface area contributed by atoms with E-state index in [2.05, 4.69) is 15.3 Å². The Kier molecular flexibility index (Phi) is 7.09. The zero-order chi connectivity index (χ0) is 25.1. The van der Waals surface area contributed by atoms with Crippen LogP contribution >= 0.6 is 0 Å². The van der Waals surface area contributed by atoms with Crippen LogP contribution < -0.4 is 10.1 Å². The molecular formula is C25H26F2N4O4. The summed E-state index contributed by atoms with van der Waals surface area (Å²) in [5, 5.41) is 12.9. The van der Waals surface area contributed by atoms with E-state index in [9.17, 15) is 23.5 Å². The molecule has 1 aromatic heterocycles. The third kappa shape index (κ3) is 5.47. The van der Waals surface area contributed by atoms with E-state index in [1.807, 2.05) is 13.8 Å². The average molecular weight is 485 g/mol. The van der Waals surface area contributed by atoms with Crippen molar-refractivity contribution in [1.29, 1.82) is 0 Å². The third-order valence-corrected chi connectivity index (χ3v) is 5.93. The molecule has 0 bridgehead atoms. The summed E-state index contributed by atoms with van der Waals surface area (Å²) in [7, 11) is 0. The summed E-state index contributed by atoms with van der Waals surface area (Å²) in [6.45, 7) is 4.39. The van der Waals surface area contributed by atoms with Gasteiger partial charge in [0.05, 0.1) is 11.0 Å². The zero-order valence-electron chi connectivity index (χ0n) is 19.4. The molecule has 1 aliphatic heterocycles. The maximum Gasteiger partial charge on any atom is 0.276 e. The van der Waals surface area contributed by atoms with Crippen molar-refractivity contribution in [3.05, 3.63) is 59.8 Å². The lowest BCUT2D eigenvalue weighted by Crippen LogP contribution is -2.53. The number of benzene rings is 2. The third-order valence-electron chi connectivity index (χ3n) is 5.93. The summed E-state index contributed by atoms with van der Waals surface area (Å²) >= 11 is 0. The number of ether oxygens (including phenoxy) is 1. The van der Waals surface area contributed by atoms with E-state index >= 15 is 0 Å². The van der Waals surface area contributed by atoms with Crippen molar-refractivity contribution in [3.63, 3.8) is 0 Å². The topological polar surface area (TPSA) is 105 Å². The summed E-state index contributed by atoms with van der Waals surface area (Å²) in [4.78, 5) is 36.0. The van der Waals surface area contributed by atoms with E-state index in [4.69, 9.17) is 4.74 Å². The number of aromatic nitrogens is 2. The number of carbonyl (C=O) groups excluding carboxylic acids is 2. The molecule has 2 N–H and O–H groups in total. The van der Waals surface area contributed by atoms with Crippen molar-refractivity contribution in [1.82, 2.24) is 20.2 Å². The first-order valence-electron chi connectivity index (χ1n) is 11.4. The Bertz CT molecular complexity index is 1250. The molecule has 2 amide bonds. The highest BCUT2D eigenvalue weighted by atomic mass is 19.2. The molecule has 1 atom stereocenters. The highest BCUT2D eigenvalue weighted by Gasteiger charge is 2.33. The second-order valence-corrected chi connectivity index (χ2v) is 8.80. The molecule has 3 aromatic rings. The Balaban J connectivity index is 1.39. The molecule has 10 heteroatoms. The van der Waals surface area contributed by atoms with Gasteiger partial charge in [-0.1, -0.05) is 26.0 Å². The molecule has 0 saturated carbocycles. The van der Waals surface area contributed by atoms with E-state index in [-0.39, 0.29) is 29.4 Å². The maximum atomic E-state index is 13.4. The number of piperidine rings is 1. The summed E-state index contributed by atoms with van der Waals surface area (Å²) in [5.41, 5.74) is 0.651. The molecule has 1 aliphatic rings. The van der Waals surface area contributed by atoms with E-state index in [0.717, 1.165) is 12.1 Å². The van der Waals surface area contributed by atoms with Crippen LogP contribution in [-0.2, 0) is 4.79 Å². The molecule has 0 spiro atoms. The van der Waals surface area contributed by atoms with Crippen molar-refractivity contribution in [2.75, 3.05) is 13.1 Å². The highest BCUT2D eigenvalue weighted by molar-refractivity contribution is 5.99. The first-order valence-corrected chi connectivity index (χ1v) is 11.4. The largest absolute Gasteiger partial charge is 0.492 e. The van der Waals surface area contributed by atoms with Gasteiger partial charge in [0.15, 0.2) is 17.3 Å². The smallest absolute Gasteiger partial charge is 0.276 e. The van der Waals surface area contributed by atoms with Crippen molar-refractivity contribution in [3.8, 4) is 11.6 Å². The Morgan fingerprint density at radius 1 is 1.06 bits per heavy atom. The van der Waals surface area contributed by atoms with E-state index < -0.39 is 29.5 Å². The summed E-state index contributed by atoms with van der Waals surface area (Å²) in [5.74, 6) is -3.37. The van der Waals surface area contributed by atoms with Crippen molar-refractivity contribution in [2.24, 2.45) is 5.92 Å². The first-order chi connectivity index (χ1) is 16.7. The van der Waals surface area contributed by atoms with Crippen LogP contribution in [0.2, 0.25) is 0 Å². The Hall–Kier alpha value is -3.82. The number of likely N-dealkylation sites (tertiary alicyclic amines) is 1. The number of carbonyl (C=O) groups is 2. The average Bonchev–Trinajstić information content (AvgIpc) is 2.84. The van der Waals surface area contributed by atoms with Crippen molar-refractivity contribution < 1.29 is 28.2 Å². The fourth-order valence-electron chi connectivity index (χ4n) is 4.00. The molecule has 184 valence electrons. The zero-order valence-corrected chi connectivity index (χ0v) is 19.4. The fourth-order valence-corrected chi connectivity index (χ4v) is 4.00. The number of hydrogen-bond donors (Lipinski definition) is 2. The van der Waals surface area contributed by atoms with Crippen molar-refractivity contribution >= 4 is 22.8 Å². The molecular weight excluding hydrogens is 458 g/mol. The maximum absolute atomic E-state index is 13.4. The molecule has 2 heterocycles. The number of nitrogens with one attached hydrogen (secondary N) is 1. The van der Waals surface area contributed by atoms with Gasteiger partial charge < -0.3 is 20.1 Å².